The minimum absolute atomic E-state index is 0.138. The fourth-order valence-corrected chi connectivity index (χ4v) is 9.48. The Morgan fingerprint density at radius 1 is 1.11 bits per heavy atom. The highest BCUT2D eigenvalue weighted by atomic mass is 32.1. The number of rotatable bonds is 5. The predicted octanol–water partition coefficient (Wildman–Crippen LogP) is 6.21. The number of ketones is 1. The highest BCUT2D eigenvalue weighted by Crippen LogP contribution is 2.41. The van der Waals surface area contributed by atoms with E-state index in [2.05, 4.69) is 16.7 Å². The fourth-order valence-electron chi connectivity index (χ4n) is 6.99. The van der Waals surface area contributed by atoms with Crippen molar-refractivity contribution in [3.05, 3.63) is 112 Å². The number of benzene rings is 2. The second kappa shape index (κ2) is 11.1. The van der Waals surface area contributed by atoms with Crippen molar-refractivity contribution < 1.29 is 9.53 Å². The normalized spacial score (nSPS) is 16.4. The third-order valence-corrected chi connectivity index (χ3v) is 11.3. The Hall–Kier alpha value is -4.52. The summed E-state index contributed by atoms with van der Waals surface area (Å²) in [5.41, 5.74) is 6.51. The first kappa shape index (κ1) is 29.2. The lowest BCUT2D eigenvalue weighted by Crippen LogP contribution is -2.39. The Bertz CT molecular complexity index is 2320. The van der Waals surface area contributed by atoms with Crippen LogP contribution in [0, 0.1) is 25.2 Å². The van der Waals surface area contributed by atoms with Gasteiger partial charge in [0, 0.05) is 33.1 Å². The van der Waals surface area contributed by atoms with Crippen molar-refractivity contribution in [3.8, 4) is 16.8 Å². The summed E-state index contributed by atoms with van der Waals surface area (Å²) in [6.45, 7) is 7.44. The van der Waals surface area contributed by atoms with Gasteiger partial charge in [-0.1, -0.05) is 41.7 Å². The summed E-state index contributed by atoms with van der Waals surface area (Å²) in [4.78, 5) is 34.2. The number of hydrogen-bond donors (Lipinski definition) is 0. The Balaban J connectivity index is 1.44. The van der Waals surface area contributed by atoms with Crippen molar-refractivity contribution in [3.63, 3.8) is 0 Å². The predicted molar refractivity (Wildman–Crippen MR) is 179 cm³/mol. The molecule has 0 bridgehead atoms. The zero-order valence-corrected chi connectivity index (χ0v) is 27.5. The van der Waals surface area contributed by atoms with Gasteiger partial charge in [-0.2, -0.15) is 5.26 Å². The molecule has 5 aromatic rings. The Morgan fingerprint density at radius 3 is 2.64 bits per heavy atom. The summed E-state index contributed by atoms with van der Waals surface area (Å²) in [7, 11) is 1.61. The van der Waals surface area contributed by atoms with Crippen LogP contribution < -0.4 is 19.6 Å². The standard InChI is InChI=1S/C36H32N4O3S2/c1-19-16-24(21(3)39(19)35-27(18-37)26-12-8-9-13-29(26)44-35)17-30-34(42)40-33(31(22(4)41)20(2)38-36(40)45-30)32-25-11-7-6-10-23(25)14-15-28(32)43-5/h6-7,10-11,14-17,33H,8-9,12-13H2,1-5H3/b30-17-. The van der Waals surface area contributed by atoms with Crippen LogP contribution in [0.3, 0.4) is 0 Å². The minimum Gasteiger partial charge on any atom is -0.496 e. The zero-order valence-electron chi connectivity index (χ0n) is 25.9. The number of carbonyl (C=O) groups is 1. The Morgan fingerprint density at radius 2 is 1.89 bits per heavy atom. The van der Waals surface area contributed by atoms with E-state index in [4.69, 9.17) is 9.73 Å². The van der Waals surface area contributed by atoms with Crippen LogP contribution in [0.1, 0.15) is 71.2 Å². The molecule has 2 aliphatic rings. The molecule has 3 aromatic heterocycles. The molecule has 0 saturated carbocycles. The number of fused-ring (bicyclic) bond motifs is 3. The molecule has 0 radical (unpaired) electrons. The topological polar surface area (TPSA) is 89.4 Å². The van der Waals surface area contributed by atoms with Crippen LogP contribution in [-0.4, -0.2) is 22.0 Å². The van der Waals surface area contributed by atoms with Gasteiger partial charge in [-0.3, -0.25) is 14.2 Å². The molecular formula is C36H32N4O3S2. The van der Waals surface area contributed by atoms with Crippen molar-refractivity contribution in [2.75, 3.05) is 7.11 Å². The van der Waals surface area contributed by atoms with E-state index >= 15 is 0 Å². The lowest BCUT2D eigenvalue weighted by Gasteiger charge is -2.27. The molecule has 1 aliphatic heterocycles. The van der Waals surface area contributed by atoms with E-state index in [-0.39, 0.29) is 11.3 Å². The molecule has 45 heavy (non-hydrogen) atoms. The maximum Gasteiger partial charge on any atom is 0.271 e. The van der Waals surface area contributed by atoms with Gasteiger partial charge in [0.2, 0.25) is 0 Å². The minimum atomic E-state index is -0.690. The van der Waals surface area contributed by atoms with Crippen molar-refractivity contribution in [1.29, 1.82) is 5.26 Å². The number of methoxy groups -OCH3 is 1. The number of aromatic nitrogens is 2. The van der Waals surface area contributed by atoms with E-state index in [0.29, 0.717) is 26.4 Å². The summed E-state index contributed by atoms with van der Waals surface area (Å²) in [5.74, 6) is 0.471. The third kappa shape index (κ3) is 4.54. The van der Waals surface area contributed by atoms with E-state index in [1.165, 1.54) is 28.7 Å². The van der Waals surface area contributed by atoms with Gasteiger partial charge in [-0.05, 0) is 93.5 Å². The molecule has 4 heterocycles. The molecule has 0 spiro atoms. The lowest BCUT2D eigenvalue weighted by atomic mass is 9.89. The van der Waals surface area contributed by atoms with Crippen molar-refractivity contribution in [2.45, 2.75) is 59.4 Å². The summed E-state index contributed by atoms with van der Waals surface area (Å²) in [6, 6.07) is 15.7. The summed E-state index contributed by atoms with van der Waals surface area (Å²) < 4.78 is 10.2. The van der Waals surface area contributed by atoms with E-state index in [9.17, 15) is 14.9 Å². The first-order chi connectivity index (χ1) is 21.7. The molecule has 0 saturated heterocycles. The van der Waals surface area contributed by atoms with Gasteiger partial charge in [0.05, 0.1) is 23.2 Å². The van der Waals surface area contributed by atoms with Crippen LogP contribution in [0.15, 0.2) is 63.5 Å². The van der Waals surface area contributed by atoms with Crippen LogP contribution >= 0.6 is 22.7 Å². The quantitative estimate of drug-likeness (QED) is 0.231. The number of thiazole rings is 1. The average molecular weight is 633 g/mol. The number of Topliss-reactive ketones (excluding diaryl/α,β-unsaturated/α-hetero) is 1. The van der Waals surface area contributed by atoms with E-state index < -0.39 is 6.04 Å². The fraction of sp³-hybridized carbons (Fsp3) is 0.278. The molecule has 1 atom stereocenters. The molecule has 0 N–H and O–H groups in total. The number of thiophene rings is 1. The maximum absolute atomic E-state index is 14.4. The average Bonchev–Trinajstić information content (AvgIpc) is 3.64. The van der Waals surface area contributed by atoms with Crippen LogP contribution in [0.5, 0.6) is 5.75 Å². The van der Waals surface area contributed by atoms with Crippen LogP contribution in [-0.2, 0) is 17.6 Å². The van der Waals surface area contributed by atoms with Crippen molar-refractivity contribution in [2.24, 2.45) is 4.99 Å². The molecule has 2 aromatic carbocycles. The highest BCUT2D eigenvalue weighted by molar-refractivity contribution is 7.15. The van der Waals surface area contributed by atoms with E-state index in [1.54, 1.807) is 23.0 Å². The zero-order chi connectivity index (χ0) is 31.6. The number of carbonyl (C=O) groups excluding carboxylic acids is 1. The van der Waals surface area contributed by atoms with Gasteiger partial charge < -0.3 is 9.30 Å². The highest BCUT2D eigenvalue weighted by Gasteiger charge is 2.34. The van der Waals surface area contributed by atoms with Crippen molar-refractivity contribution in [1.82, 2.24) is 9.13 Å². The van der Waals surface area contributed by atoms with E-state index in [1.807, 2.05) is 63.2 Å². The molecule has 7 nitrogen and oxygen atoms in total. The number of hydrogen-bond acceptors (Lipinski definition) is 7. The summed E-state index contributed by atoms with van der Waals surface area (Å²) in [5, 5.41) is 13.0. The maximum atomic E-state index is 14.4. The molecule has 7 rings (SSSR count). The lowest BCUT2D eigenvalue weighted by molar-refractivity contribution is -0.114. The van der Waals surface area contributed by atoms with Gasteiger partial charge in [0.1, 0.15) is 16.8 Å². The first-order valence-electron chi connectivity index (χ1n) is 15.1. The molecular weight excluding hydrogens is 601 g/mol. The molecule has 1 unspecified atom stereocenters. The van der Waals surface area contributed by atoms with Crippen LogP contribution in [0.2, 0.25) is 0 Å². The van der Waals surface area contributed by atoms with Gasteiger partial charge >= 0.3 is 0 Å². The summed E-state index contributed by atoms with van der Waals surface area (Å²) in [6.07, 6.45) is 6.17. The largest absolute Gasteiger partial charge is 0.496 e. The van der Waals surface area contributed by atoms with E-state index in [0.717, 1.165) is 69.5 Å². The van der Waals surface area contributed by atoms with Gasteiger partial charge in [-0.25, -0.2) is 4.99 Å². The van der Waals surface area contributed by atoms with Gasteiger partial charge in [0.15, 0.2) is 10.6 Å². The molecule has 9 heteroatoms. The van der Waals surface area contributed by atoms with Crippen LogP contribution in [0.25, 0.3) is 21.8 Å². The number of nitriles is 1. The molecule has 1 aliphatic carbocycles. The molecule has 0 amide bonds. The Kier molecular flexibility index (Phi) is 7.22. The Labute approximate surface area is 268 Å². The first-order valence-corrected chi connectivity index (χ1v) is 16.7. The number of aryl methyl sites for hydroxylation is 2. The molecule has 226 valence electrons. The number of nitrogens with zero attached hydrogens (tertiary/aromatic N) is 4. The monoisotopic (exact) mass is 632 g/mol. The van der Waals surface area contributed by atoms with Gasteiger partial charge in [-0.15, -0.1) is 11.3 Å². The molecule has 0 fully saturated rings. The second-order valence-electron chi connectivity index (χ2n) is 11.7. The smallest absolute Gasteiger partial charge is 0.271 e. The van der Waals surface area contributed by atoms with Crippen LogP contribution in [0.4, 0.5) is 0 Å². The number of allylic oxidation sites excluding steroid dienone is 2. The second-order valence-corrected chi connectivity index (χ2v) is 13.8. The number of ether oxygens (including phenoxy) is 1. The van der Waals surface area contributed by atoms with Gasteiger partial charge in [0.25, 0.3) is 5.56 Å². The third-order valence-electron chi connectivity index (χ3n) is 9.05. The summed E-state index contributed by atoms with van der Waals surface area (Å²) >= 11 is 3.04. The van der Waals surface area contributed by atoms with Crippen molar-refractivity contribution >= 4 is 45.3 Å². The SMILES string of the molecule is COc1ccc2ccccc2c1C1C(C(C)=O)=C(C)N=c2s/c(=C\c3cc(C)n(-c4sc5c(c4C#N)CCCC5)c3C)c(=O)n21.